The van der Waals surface area contributed by atoms with Gasteiger partial charge in [-0.3, -0.25) is 0 Å². The molecule has 6 rings (SSSR count). The molecule has 0 bridgehead atoms. The van der Waals surface area contributed by atoms with Gasteiger partial charge in [0.25, 0.3) is 5.88 Å². The summed E-state index contributed by atoms with van der Waals surface area (Å²) in [5.41, 5.74) is 5.11. The first kappa shape index (κ1) is 22.4. The van der Waals surface area contributed by atoms with E-state index < -0.39 is 6.35 Å². The van der Waals surface area contributed by atoms with Crippen LogP contribution in [0.25, 0.3) is 16.8 Å². The number of rotatable bonds is 5. The Labute approximate surface area is 208 Å². The van der Waals surface area contributed by atoms with Crippen molar-refractivity contribution in [1.82, 2.24) is 14.9 Å². The second-order valence-corrected chi connectivity index (χ2v) is 8.62. The topological polar surface area (TPSA) is 98.5 Å². The number of benzene rings is 1. The molecule has 5 heterocycles. The molecule has 0 radical (unpaired) electrons. The van der Waals surface area contributed by atoms with E-state index in [4.69, 9.17) is 18.9 Å². The highest BCUT2D eigenvalue weighted by Gasteiger charge is 2.31. The van der Waals surface area contributed by atoms with Gasteiger partial charge in [0.05, 0.1) is 12.3 Å². The summed E-state index contributed by atoms with van der Waals surface area (Å²) in [6.07, 6.45) is 4.74. The number of aromatic nitrogens is 2. The molecule has 0 fully saturated rings. The van der Waals surface area contributed by atoms with Gasteiger partial charge in [0, 0.05) is 36.1 Å². The van der Waals surface area contributed by atoms with E-state index in [1.54, 1.807) is 18.5 Å². The van der Waals surface area contributed by atoms with Gasteiger partial charge >= 0.3 is 0 Å². The summed E-state index contributed by atoms with van der Waals surface area (Å²) in [4.78, 5) is 14.7. The number of pyridine rings is 2. The summed E-state index contributed by atoms with van der Waals surface area (Å²) >= 11 is 0. The third kappa shape index (κ3) is 4.22. The Morgan fingerprint density at radius 3 is 2.89 bits per heavy atom. The molecule has 9 nitrogen and oxygen atoms in total. The van der Waals surface area contributed by atoms with Crippen molar-refractivity contribution >= 4 is 11.6 Å². The van der Waals surface area contributed by atoms with Crippen molar-refractivity contribution in [2.45, 2.75) is 25.8 Å². The highest BCUT2D eigenvalue weighted by molar-refractivity contribution is 5.97. The van der Waals surface area contributed by atoms with Gasteiger partial charge < -0.3 is 29.0 Å². The largest absolute Gasteiger partial charge is 0.478 e. The van der Waals surface area contributed by atoms with Crippen LogP contribution in [-0.4, -0.2) is 64.7 Å². The number of aliphatic imine (C=N–C) groups is 1. The van der Waals surface area contributed by atoms with Crippen LogP contribution in [0.1, 0.15) is 18.1 Å². The van der Waals surface area contributed by atoms with E-state index in [1.807, 2.05) is 36.1 Å². The Hall–Kier alpha value is -4.11. The summed E-state index contributed by atoms with van der Waals surface area (Å²) in [7, 11) is 0. The highest BCUT2D eigenvalue weighted by Crippen LogP contribution is 2.37. The number of nitrogens with zero attached hydrogens (tertiary/aromatic N) is 4. The number of ether oxygens (including phenoxy) is 4. The lowest BCUT2D eigenvalue weighted by Gasteiger charge is -2.37. The predicted molar refractivity (Wildman–Crippen MR) is 133 cm³/mol. The SMILES string of the molecule is CCOc1ncccc1-c1ccc2c(c1)CCN1C2=CC(OCC2COc3ncccc3O2)=NC1O. The van der Waals surface area contributed by atoms with E-state index in [1.165, 1.54) is 5.56 Å². The van der Waals surface area contributed by atoms with Gasteiger partial charge in [-0.25, -0.2) is 9.97 Å². The maximum absolute atomic E-state index is 10.7. The Kier molecular flexibility index (Phi) is 5.90. The second-order valence-electron chi connectivity index (χ2n) is 8.62. The molecule has 2 atom stereocenters. The lowest BCUT2D eigenvalue weighted by molar-refractivity contribution is 0.0348. The van der Waals surface area contributed by atoms with E-state index in [0.717, 1.165) is 28.8 Å². The smallest absolute Gasteiger partial charge is 0.257 e. The minimum atomic E-state index is -1.01. The van der Waals surface area contributed by atoms with Gasteiger partial charge in [0.2, 0.25) is 18.1 Å². The maximum Gasteiger partial charge on any atom is 0.257 e. The van der Waals surface area contributed by atoms with Gasteiger partial charge in [-0.2, -0.15) is 4.99 Å². The molecule has 9 heteroatoms. The molecule has 0 saturated carbocycles. The fourth-order valence-electron chi connectivity index (χ4n) is 4.63. The van der Waals surface area contributed by atoms with Gasteiger partial charge in [0.15, 0.2) is 11.9 Å². The Morgan fingerprint density at radius 2 is 1.97 bits per heavy atom. The van der Waals surface area contributed by atoms with Crippen molar-refractivity contribution in [2.24, 2.45) is 4.99 Å². The molecule has 0 amide bonds. The molecule has 1 aromatic carbocycles. The van der Waals surface area contributed by atoms with E-state index in [2.05, 4.69) is 33.2 Å². The average Bonchev–Trinajstić information content (AvgIpc) is 2.92. The quantitative estimate of drug-likeness (QED) is 0.587. The zero-order valence-corrected chi connectivity index (χ0v) is 19.8. The minimum Gasteiger partial charge on any atom is -0.478 e. The summed E-state index contributed by atoms with van der Waals surface area (Å²) in [6.45, 7) is 3.71. The molecular weight excluding hydrogens is 460 g/mol. The zero-order valence-electron chi connectivity index (χ0n) is 19.8. The van der Waals surface area contributed by atoms with Crippen LogP contribution in [0.4, 0.5) is 0 Å². The molecule has 3 aliphatic heterocycles. The van der Waals surface area contributed by atoms with Crippen LogP contribution in [0, 0.1) is 0 Å². The number of fused-ring (bicyclic) bond motifs is 4. The van der Waals surface area contributed by atoms with Crippen LogP contribution in [0.2, 0.25) is 0 Å². The third-order valence-electron chi connectivity index (χ3n) is 6.31. The maximum atomic E-state index is 10.7. The molecule has 0 saturated heterocycles. The average molecular weight is 487 g/mol. The second kappa shape index (κ2) is 9.50. The van der Waals surface area contributed by atoms with Crippen molar-refractivity contribution in [3.8, 4) is 28.6 Å². The van der Waals surface area contributed by atoms with Crippen molar-refractivity contribution in [1.29, 1.82) is 0 Å². The first-order valence-electron chi connectivity index (χ1n) is 12.0. The van der Waals surface area contributed by atoms with Crippen LogP contribution in [0.5, 0.6) is 17.5 Å². The monoisotopic (exact) mass is 486 g/mol. The number of aliphatic hydroxyl groups excluding tert-OH is 1. The first-order valence-corrected chi connectivity index (χ1v) is 12.0. The van der Waals surface area contributed by atoms with E-state index in [-0.39, 0.29) is 12.7 Å². The lowest BCUT2D eigenvalue weighted by Crippen LogP contribution is -2.41. The molecular formula is C27H26N4O5. The fraction of sp³-hybridized carbons (Fsp3) is 0.296. The molecule has 2 unspecified atom stereocenters. The summed E-state index contributed by atoms with van der Waals surface area (Å²) in [5.74, 6) is 2.05. The van der Waals surface area contributed by atoms with Crippen molar-refractivity contribution in [2.75, 3.05) is 26.4 Å². The Bertz CT molecular complexity index is 1340. The van der Waals surface area contributed by atoms with Crippen LogP contribution in [0.15, 0.2) is 65.9 Å². The molecule has 184 valence electrons. The van der Waals surface area contributed by atoms with E-state index in [9.17, 15) is 5.11 Å². The van der Waals surface area contributed by atoms with Crippen molar-refractivity contribution in [3.63, 3.8) is 0 Å². The molecule has 2 aromatic heterocycles. The van der Waals surface area contributed by atoms with Crippen molar-refractivity contribution in [3.05, 3.63) is 72.1 Å². The normalized spacial score (nSPS) is 20.0. The Morgan fingerprint density at radius 1 is 1.08 bits per heavy atom. The van der Waals surface area contributed by atoms with Crippen LogP contribution >= 0.6 is 0 Å². The Balaban J connectivity index is 1.22. The molecule has 3 aromatic rings. The van der Waals surface area contributed by atoms with E-state index >= 15 is 0 Å². The van der Waals surface area contributed by atoms with Gasteiger partial charge in [0.1, 0.15) is 13.2 Å². The van der Waals surface area contributed by atoms with Gasteiger partial charge in [-0.05, 0) is 48.7 Å². The lowest BCUT2D eigenvalue weighted by atomic mass is 9.92. The minimum absolute atomic E-state index is 0.233. The van der Waals surface area contributed by atoms with E-state index in [0.29, 0.717) is 43.2 Å². The standard InChI is InChI=1S/C27H26N4O5/c1-2-33-25-21(5-3-10-28-25)17-7-8-20-18(13-17)9-12-31-22(20)14-24(30-27(31)32)34-15-19-16-35-26-23(36-19)6-4-11-29-26/h3-8,10-11,13-14,19,27,32H,2,9,12,15-16H2,1H3. The van der Waals surface area contributed by atoms with Crippen LogP contribution in [0.3, 0.4) is 0 Å². The predicted octanol–water partition coefficient (Wildman–Crippen LogP) is 3.29. The van der Waals surface area contributed by atoms with Crippen LogP contribution in [-0.2, 0) is 11.2 Å². The number of hydrogen-bond acceptors (Lipinski definition) is 9. The molecule has 0 aliphatic carbocycles. The molecule has 1 N–H and O–H groups in total. The van der Waals surface area contributed by atoms with Gasteiger partial charge in [-0.1, -0.05) is 18.2 Å². The van der Waals surface area contributed by atoms with Crippen molar-refractivity contribution < 1.29 is 24.1 Å². The number of aliphatic hydroxyl groups is 1. The summed E-state index contributed by atoms with van der Waals surface area (Å²) in [5, 5.41) is 10.7. The number of hydrogen-bond donors (Lipinski definition) is 1. The van der Waals surface area contributed by atoms with Crippen LogP contribution < -0.4 is 14.2 Å². The third-order valence-corrected chi connectivity index (χ3v) is 6.31. The summed E-state index contributed by atoms with van der Waals surface area (Å²) in [6, 6.07) is 13.8. The molecule has 36 heavy (non-hydrogen) atoms. The zero-order chi connectivity index (χ0) is 24.5. The summed E-state index contributed by atoms with van der Waals surface area (Å²) < 4.78 is 23.2. The molecule has 3 aliphatic rings. The van der Waals surface area contributed by atoms with Gasteiger partial charge in [-0.15, -0.1) is 0 Å². The highest BCUT2D eigenvalue weighted by atomic mass is 16.6. The fourth-order valence-corrected chi connectivity index (χ4v) is 4.63. The first-order chi connectivity index (χ1) is 17.7. The molecule has 0 spiro atoms.